The first-order valence-electron chi connectivity index (χ1n) is 11.2. The predicted octanol–water partition coefficient (Wildman–Crippen LogP) is 5.00. The minimum Gasteiger partial charge on any atom is -0.385 e. The molecule has 0 aliphatic heterocycles. The monoisotopic (exact) mass is 453 g/mol. The molecule has 3 aromatic carbocycles. The van der Waals surface area contributed by atoms with E-state index in [9.17, 15) is 4.79 Å². The lowest BCUT2D eigenvalue weighted by molar-refractivity contribution is 0.102. The average Bonchev–Trinajstić information content (AvgIpc) is 3.20. The highest BCUT2D eigenvalue weighted by molar-refractivity contribution is 6.04. The van der Waals surface area contributed by atoms with Crippen molar-refractivity contribution < 1.29 is 9.53 Å². The molecule has 0 unspecified atom stereocenters. The summed E-state index contributed by atoms with van der Waals surface area (Å²) in [7, 11) is 1.68. The fourth-order valence-electron chi connectivity index (χ4n) is 3.77. The Kier molecular flexibility index (Phi) is 7.53. The van der Waals surface area contributed by atoms with Crippen molar-refractivity contribution in [3.63, 3.8) is 0 Å². The lowest BCUT2D eigenvalue weighted by atomic mass is 10.1. The van der Waals surface area contributed by atoms with Crippen LogP contribution in [0.15, 0.2) is 72.8 Å². The number of nitrogens with zero attached hydrogens (tertiary/aromatic N) is 3. The van der Waals surface area contributed by atoms with Crippen LogP contribution in [0.2, 0.25) is 0 Å². The van der Waals surface area contributed by atoms with Crippen LogP contribution in [0.5, 0.6) is 0 Å². The molecule has 1 amide bonds. The average molecular weight is 454 g/mol. The number of aromatic nitrogens is 2. The second-order valence-electron chi connectivity index (χ2n) is 7.96. The van der Waals surface area contributed by atoms with E-state index in [1.807, 2.05) is 47.0 Å². The van der Waals surface area contributed by atoms with E-state index < -0.39 is 0 Å². The van der Waals surface area contributed by atoms with Gasteiger partial charge in [-0.05, 0) is 53.9 Å². The summed E-state index contributed by atoms with van der Waals surface area (Å²) in [5, 5.41) is 15.2. The van der Waals surface area contributed by atoms with Crippen LogP contribution in [0.1, 0.15) is 27.9 Å². The van der Waals surface area contributed by atoms with Gasteiger partial charge in [0.05, 0.1) is 23.5 Å². The van der Waals surface area contributed by atoms with E-state index in [0.717, 1.165) is 34.3 Å². The van der Waals surface area contributed by atoms with Gasteiger partial charge >= 0.3 is 0 Å². The third kappa shape index (κ3) is 5.61. The van der Waals surface area contributed by atoms with E-state index in [4.69, 9.17) is 15.0 Å². The molecule has 1 heterocycles. The molecule has 0 aliphatic rings. The van der Waals surface area contributed by atoms with Gasteiger partial charge < -0.3 is 14.6 Å². The molecule has 1 aromatic heterocycles. The SMILES string of the molecule is COCCCn1c(NC(=O)c2ccc(CC#N)cc2)nc2cc(CNc3ccccc3)ccc21. The normalized spacial score (nSPS) is 10.7. The number of aryl methyl sites for hydroxylation is 1. The van der Waals surface area contributed by atoms with E-state index in [1.54, 1.807) is 31.4 Å². The van der Waals surface area contributed by atoms with Crippen LogP contribution in [0.4, 0.5) is 11.6 Å². The maximum Gasteiger partial charge on any atom is 0.257 e. The summed E-state index contributed by atoms with van der Waals surface area (Å²) in [4.78, 5) is 17.6. The summed E-state index contributed by atoms with van der Waals surface area (Å²) in [6.45, 7) is 1.96. The highest BCUT2D eigenvalue weighted by Crippen LogP contribution is 2.23. The zero-order valence-electron chi connectivity index (χ0n) is 19.1. The highest BCUT2D eigenvalue weighted by atomic mass is 16.5. The van der Waals surface area contributed by atoms with E-state index in [2.05, 4.69) is 22.8 Å². The van der Waals surface area contributed by atoms with Crippen LogP contribution in [-0.4, -0.2) is 29.2 Å². The molecule has 172 valence electrons. The van der Waals surface area contributed by atoms with Gasteiger partial charge in [-0.15, -0.1) is 0 Å². The second kappa shape index (κ2) is 11.1. The molecule has 2 N–H and O–H groups in total. The first-order valence-corrected chi connectivity index (χ1v) is 11.2. The number of methoxy groups -OCH3 is 1. The van der Waals surface area contributed by atoms with Crippen LogP contribution < -0.4 is 10.6 Å². The van der Waals surface area contributed by atoms with Crippen LogP contribution in [0, 0.1) is 11.3 Å². The molecule has 0 fully saturated rings. The standard InChI is InChI=1S/C27H27N5O2/c1-34-17-5-16-32-25-13-10-21(19-29-23-6-3-2-4-7-23)18-24(25)30-27(32)31-26(33)22-11-8-20(9-12-22)14-15-28/h2-4,6-13,18,29H,5,14,16-17,19H2,1H3,(H,30,31,33). The summed E-state index contributed by atoms with van der Waals surface area (Å²) in [6, 6.07) is 25.4. The van der Waals surface area contributed by atoms with Gasteiger partial charge in [0, 0.05) is 38.1 Å². The molecular formula is C27H27N5O2. The Hall–Kier alpha value is -4.15. The molecule has 4 aromatic rings. The zero-order valence-corrected chi connectivity index (χ0v) is 19.1. The number of rotatable bonds is 10. The minimum absolute atomic E-state index is 0.238. The molecular weight excluding hydrogens is 426 g/mol. The quantitative estimate of drug-likeness (QED) is 0.330. The van der Waals surface area contributed by atoms with Crippen LogP contribution in [-0.2, 0) is 24.2 Å². The minimum atomic E-state index is -0.238. The molecule has 34 heavy (non-hydrogen) atoms. The lowest BCUT2D eigenvalue weighted by Gasteiger charge is -2.10. The molecule has 0 saturated heterocycles. The molecule has 0 radical (unpaired) electrons. The maximum absolute atomic E-state index is 12.9. The van der Waals surface area contributed by atoms with Crippen molar-refractivity contribution >= 4 is 28.6 Å². The number of ether oxygens (including phenoxy) is 1. The van der Waals surface area contributed by atoms with Gasteiger partial charge in [0.1, 0.15) is 0 Å². The van der Waals surface area contributed by atoms with Crippen molar-refractivity contribution in [3.8, 4) is 6.07 Å². The fraction of sp³-hybridized carbons (Fsp3) is 0.222. The molecule has 0 spiro atoms. The first kappa shape index (κ1) is 23.0. The number of hydrogen-bond donors (Lipinski definition) is 2. The number of amides is 1. The smallest absolute Gasteiger partial charge is 0.257 e. The van der Waals surface area contributed by atoms with Crippen molar-refractivity contribution in [1.82, 2.24) is 9.55 Å². The topological polar surface area (TPSA) is 92.0 Å². The third-order valence-corrected chi connectivity index (χ3v) is 5.54. The van der Waals surface area contributed by atoms with Gasteiger partial charge in [-0.2, -0.15) is 5.26 Å². The number of carbonyl (C=O) groups excluding carboxylic acids is 1. The fourth-order valence-corrected chi connectivity index (χ4v) is 3.77. The molecule has 0 atom stereocenters. The zero-order chi connectivity index (χ0) is 23.8. The van der Waals surface area contributed by atoms with Crippen molar-refractivity contribution in [2.75, 3.05) is 24.4 Å². The Morgan fingerprint density at radius 3 is 2.56 bits per heavy atom. The van der Waals surface area contributed by atoms with Gasteiger partial charge in [-0.25, -0.2) is 4.98 Å². The molecule has 4 rings (SSSR count). The summed E-state index contributed by atoms with van der Waals surface area (Å²) in [5.41, 5.74) is 5.33. The van der Waals surface area contributed by atoms with Crippen LogP contribution in [0.25, 0.3) is 11.0 Å². The van der Waals surface area contributed by atoms with Gasteiger partial charge in [0.2, 0.25) is 5.95 Å². The number of imidazole rings is 1. The number of anilines is 2. The number of nitriles is 1. The Labute approximate surface area is 199 Å². The molecule has 0 aliphatic carbocycles. The second-order valence-corrected chi connectivity index (χ2v) is 7.96. The Balaban J connectivity index is 1.56. The van der Waals surface area contributed by atoms with E-state index in [1.165, 1.54) is 0 Å². The summed E-state index contributed by atoms with van der Waals surface area (Å²) >= 11 is 0. The third-order valence-electron chi connectivity index (χ3n) is 5.54. The molecule has 7 heteroatoms. The van der Waals surface area contributed by atoms with E-state index in [0.29, 0.717) is 37.6 Å². The van der Waals surface area contributed by atoms with Crippen molar-refractivity contribution in [1.29, 1.82) is 5.26 Å². The number of benzene rings is 3. The molecule has 0 bridgehead atoms. The van der Waals surface area contributed by atoms with E-state index in [-0.39, 0.29) is 5.91 Å². The first-order chi connectivity index (χ1) is 16.7. The van der Waals surface area contributed by atoms with Crippen molar-refractivity contribution in [2.24, 2.45) is 0 Å². The van der Waals surface area contributed by atoms with Gasteiger partial charge in [-0.3, -0.25) is 10.1 Å². The highest BCUT2D eigenvalue weighted by Gasteiger charge is 2.15. The van der Waals surface area contributed by atoms with Gasteiger partial charge in [0.15, 0.2) is 0 Å². The predicted molar refractivity (Wildman–Crippen MR) is 134 cm³/mol. The Bertz CT molecular complexity index is 1290. The lowest BCUT2D eigenvalue weighted by Crippen LogP contribution is -2.16. The van der Waals surface area contributed by atoms with Crippen LogP contribution in [0.3, 0.4) is 0 Å². The number of para-hydroxylation sites is 1. The number of fused-ring (bicyclic) bond motifs is 1. The summed E-state index contributed by atoms with van der Waals surface area (Å²) in [6.07, 6.45) is 1.11. The summed E-state index contributed by atoms with van der Waals surface area (Å²) < 4.78 is 7.23. The van der Waals surface area contributed by atoms with Gasteiger partial charge in [0.25, 0.3) is 5.91 Å². The van der Waals surface area contributed by atoms with Gasteiger partial charge in [-0.1, -0.05) is 36.4 Å². The Morgan fingerprint density at radius 2 is 1.82 bits per heavy atom. The van der Waals surface area contributed by atoms with E-state index >= 15 is 0 Å². The Morgan fingerprint density at radius 1 is 1.06 bits per heavy atom. The van der Waals surface area contributed by atoms with Crippen LogP contribution >= 0.6 is 0 Å². The number of carbonyl (C=O) groups is 1. The maximum atomic E-state index is 12.9. The van der Waals surface area contributed by atoms with Crippen molar-refractivity contribution in [2.45, 2.75) is 25.9 Å². The molecule has 7 nitrogen and oxygen atoms in total. The number of nitrogens with one attached hydrogen (secondary N) is 2. The summed E-state index contributed by atoms with van der Waals surface area (Å²) in [5.74, 6) is 0.267. The largest absolute Gasteiger partial charge is 0.385 e. The number of hydrogen-bond acceptors (Lipinski definition) is 5. The molecule has 0 saturated carbocycles. The van der Waals surface area contributed by atoms with Crippen molar-refractivity contribution in [3.05, 3.63) is 89.5 Å².